The summed E-state index contributed by atoms with van der Waals surface area (Å²) in [6, 6.07) is 3.62. The molecule has 1 rings (SSSR count). The first-order valence-electron chi connectivity index (χ1n) is 6.39. The highest BCUT2D eigenvalue weighted by molar-refractivity contribution is 7.99. The number of carbonyl (C=O) groups excluding carboxylic acids is 1. The maximum absolute atomic E-state index is 12.0. The lowest BCUT2D eigenvalue weighted by Crippen LogP contribution is -2.34. The number of halogens is 3. The maximum Gasteiger partial charge on any atom is 0.405 e. The molecule has 0 spiro atoms. The molecule has 0 aliphatic rings. The standard InChI is InChI=1S/C14H18F3NO3S/c1-9-4-11(20-2)12(21-3)5-10(9)6-22-7-13(19)18-8-14(15,16)17/h4-5H,6-8H2,1-3H3,(H,18,19). The number of rotatable bonds is 7. The van der Waals surface area contributed by atoms with Crippen LogP contribution in [0.1, 0.15) is 11.1 Å². The van der Waals surface area contributed by atoms with Crippen LogP contribution in [0.25, 0.3) is 0 Å². The third-order valence-electron chi connectivity index (χ3n) is 2.82. The Hall–Kier alpha value is -1.57. The van der Waals surface area contributed by atoms with Crippen LogP contribution < -0.4 is 14.8 Å². The van der Waals surface area contributed by atoms with E-state index in [1.54, 1.807) is 6.07 Å². The summed E-state index contributed by atoms with van der Waals surface area (Å²) in [7, 11) is 3.06. The highest BCUT2D eigenvalue weighted by Gasteiger charge is 2.27. The number of nitrogens with one attached hydrogen (secondary N) is 1. The second-order valence-corrected chi connectivity index (χ2v) is 5.50. The van der Waals surface area contributed by atoms with Crippen molar-refractivity contribution in [3.05, 3.63) is 23.3 Å². The molecular formula is C14H18F3NO3S. The molecule has 0 saturated heterocycles. The fourth-order valence-electron chi connectivity index (χ4n) is 1.68. The van der Waals surface area contributed by atoms with E-state index < -0.39 is 18.6 Å². The van der Waals surface area contributed by atoms with Gasteiger partial charge in [0.05, 0.1) is 20.0 Å². The molecule has 124 valence electrons. The molecule has 0 aliphatic heterocycles. The van der Waals surface area contributed by atoms with Crippen molar-refractivity contribution in [2.45, 2.75) is 18.9 Å². The number of methoxy groups -OCH3 is 2. The van der Waals surface area contributed by atoms with Crippen LogP contribution in [0.2, 0.25) is 0 Å². The summed E-state index contributed by atoms with van der Waals surface area (Å²) in [4.78, 5) is 11.3. The summed E-state index contributed by atoms with van der Waals surface area (Å²) in [6.45, 7) is 0.587. The van der Waals surface area contributed by atoms with Crippen LogP contribution in [0.3, 0.4) is 0 Å². The molecule has 0 radical (unpaired) electrons. The van der Waals surface area contributed by atoms with Crippen LogP contribution in [0.5, 0.6) is 11.5 Å². The molecule has 0 atom stereocenters. The molecule has 1 aromatic rings. The summed E-state index contributed by atoms with van der Waals surface area (Å²) in [5, 5.41) is 1.83. The largest absolute Gasteiger partial charge is 0.493 e. The van der Waals surface area contributed by atoms with Crippen molar-refractivity contribution < 1.29 is 27.4 Å². The van der Waals surface area contributed by atoms with E-state index in [-0.39, 0.29) is 5.75 Å². The van der Waals surface area contributed by atoms with Gasteiger partial charge in [-0.25, -0.2) is 0 Å². The Balaban J connectivity index is 2.53. The Bertz CT molecular complexity index is 521. The van der Waals surface area contributed by atoms with Gasteiger partial charge in [-0.1, -0.05) is 0 Å². The van der Waals surface area contributed by atoms with E-state index in [0.29, 0.717) is 17.3 Å². The lowest BCUT2D eigenvalue weighted by Gasteiger charge is -2.13. The first kappa shape index (κ1) is 18.5. The van der Waals surface area contributed by atoms with Crippen LogP contribution in [0.15, 0.2) is 12.1 Å². The lowest BCUT2D eigenvalue weighted by molar-refractivity contribution is -0.136. The van der Waals surface area contributed by atoms with Crippen molar-refractivity contribution in [1.29, 1.82) is 0 Å². The molecule has 0 fully saturated rings. The van der Waals surface area contributed by atoms with E-state index >= 15 is 0 Å². The van der Waals surface area contributed by atoms with Crippen molar-refractivity contribution in [2.75, 3.05) is 26.5 Å². The predicted molar refractivity (Wildman–Crippen MR) is 79.5 cm³/mol. The van der Waals surface area contributed by atoms with Crippen LogP contribution in [-0.4, -0.2) is 38.6 Å². The summed E-state index contributed by atoms with van der Waals surface area (Å²) in [6.07, 6.45) is -4.39. The van der Waals surface area contributed by atoms with E-state index in [1.165, 1.54) is 26.0 Å². The highest BCUT2D eigenvalue weighted by atomic mass is 32.2. The second-order valence-electron chi connectivity index (χ2n) is 4.52. The van der Waals surface area contributed by atoms with Gasteiger partial charge in [0, 0.05) is 5.75 Å². The third-order valence-corrected chi connectivity index (χ3v) is 3.80. The van der Waals surface area contributed by atoms with E-state index in [2.05, 4.69) is 0 Å². The van der Waals surface area contributed by atoms with Gasteiger partial charge in [0.15, 0.2) is 11.5 Å². The zero-order valence-electron chi connectivity index (χ0n) is 12.5. The van der Waals surface area contributed by atoms with Gasteiger partial charge in [-0.3, -0.25) is 4.79 Å². The minimum atomic E-state index is -4.39. The number of amides is 1. The Morgan fingerprint density at radius 1 is 1.23 bits per heavy atom. The number of benzene rings is 1. The molecule has 1 aromatic carbocycles. The van der Waals surface area contributed by atoms with Crippen molar-refractivity contribution >= 4 is 17.7 Å². The lowest BCUT2D eigenvalue weighted by atomic mass is 10.1. The van der Waals surface area contributed by atoms with Gasteiger partial charge in [-0.05, 0) is 30.2 Å². The maximum atomic E-state index is 12.0. The molecule has 22 heavy (non-hydrogen) atoms. The Morgan fingerprint density at radius 2 is 1.82 bits per heavy atom. The van der Waals surface area contributed by atoms with Crippen LogP contribution >= 0.6 is 11.8 Å². The minimum absolute atomic E-state index is 0.0378. The zero-order chi connectivity index (χ0) is 16.8. The van der Waals surface area contributed by atoms with Gasteiger partial charge in [-0.2, -0.15) is 13.2 Å². The fraction of sp³-hybridized carbons (Fsp3) is 0.500. The van der Waals surface area contributed by atoms with E-state index in [9.17, 15) is 18.0 Å². The first-order chi connectivity index (χ1) is 10.3. The molecule has 1 amide bonds. The number of ether oxygens (including phenoxy) is 2. The van der Waals surface area contributed by atoms with Gasteiger partial charge in [0.2, 0.25) is 5.91 Å². The molecule has 0 saturated carbocycles. The molecule has 4 nitrogen and oxygen atoms in total. The minimum Gasteiger partial charge on any atom is -0.493 e. The average Bonchev–Trinajstić information content (AvgIpc) is 2.45. The van der Waals surface area contributed by atoms with Crippen LogP contribution in [0.4, 0.5) is 13.2 Å². The fourth-order valence-corrected chi connectivity index (χ4v) is 2.60. The molecule has 1 N–H and O–H groups in total. The SMILES string of the molecule is COc1cc(C)c(CSCC(=O)NCC(F)(F)F)cc1OC. The van der Waals surface area contributed by atoms with E-state index in [1.807, 2.05) is 18.3 Å². The Labute approximate surface area is 131 Å². The van der Waals surface area contributed by atoms with Crippen molar-refractivity contribution in [3.8, 4) is 11.5 Å². The number of thioether (sulfide) groups is 1. The first-order valence-corrected chi connectivity index (χ1v) is 7.55. The topological polar surface area (TPSA) is 47.6 Å². The van der Waals surface area contributed by atoms with Gasteiger partial charge >= 0.3 is 6.18 Å². The highest BCUT2D eigenvalue weighted by Crippen LogP contribution is 2.31. The Kier molecular flexibility index (Phi) is 6.86. The molecule has 0 aromatic heterocycles. The second kappa shape index (κ2) is 8.17. The van der Waals surface area contributed by atoms with Gasteiger partial charge in [0.25, 0.3) is 0 Å². The summed E-state index contributed by atoms with van der Waals surface area (Å²) in [5.41, 5.74) is 1.90. The van der Waals surface area contributed by atoms with Gasteiger partial charge < -0.3 is 14.8 Å². The van der Waals surface area contributed by atoms with Crippen LogP contribution in [-0.2, 0) is 10.5 Å². The monoisotopic (exact) mass is 337 g/mol. The quantitative estimate of drug-likeness (QED) is 0.831. The summed E-state index contributed by atoms with van der Waals surface area (Å²) < 4.78 is 46.3. The zero-order valence-corrected chi connectivity index (χ0v) is 13.4. The van der Waals surface area contributed by atoms with E-state index in [4.69, 9.17) is 9.47 Å². The number of hydrogen-bond acceptors (Lipinski definition) is 4. The molecular weight excluding hydrogens is 319 g/mol. The number of aryl methyl sites for hydroxylation is 1. The molecule has 0 bridgehead atoms. The van der Waals surface area contributed by atoms with Crippen molar-refractivity contribution in [3.63, 3.8) is 0 Å². The molecule has 0 aliphatic carbocycles. The number of hydrogen-bond donors (Lipinski definition) is 1. The molecule has 8 heteroatoms. The predicted octanol–water partition coefficient (Wildman–Crippen LogP) is 2.92. The number of alkyl halides is 3. The number of carbonyl (C=O) groups is 1. The Morgan fingerprint density at radius 3 is 2.36 bits per heavy atom. The average molecular weight is 337 g/mol. The third kappa shape index (κ3) is 6.05. The van der Waals surface area contributed by atoms with Crippen molar-refractivity contribution in [1.82, 2.24) is 5.32 Å². The molecule has 0 unspecified atom stereocenters. The smallest absolute Gasteiger partial charge is 0.405 e. The normalized spacial score (nSPS) is 11.2. The van der Waals surface area contributed by atoms with Gasteiger partial charge in [-0.15, -0.1) is 11.8 Å². The van der Waals surface area contributed by atoms with Gasteiger partial charge in [0.1, 0.15) is 6.54 Å². The summed E-state index contributed by atoms with van der Waals surface area (Å²) >= 11 is 1.24. The van der Waals surface area contributed by atoms with Crippen LogP contribution in [0, 0.1) is 6.92 Å². The van der Waals surface area contributed by atoms with E-state index in [0.717, 1.165) is 11.1 Å². The van der Waals surface area contributed by atoms with Crippen molar-refractivity contribution in [2.24, 2.45) is 0 Å². The summed E-state index contributed by atoms with van der Waals surface area (Å²) in [5.74, 6) is 0.998. The molecule has 0 heterocycles.